The Labute approximate surface area is 80.4 Å². The fourth-order valence-corrected chi connectivity index (χ4v) is 0.798. The van der Waals surface area contributed by atoms with Crippen LogP contribution in [0.2, 0.25) is 0 Å². The van der Waals surface area contributed by atoms with Crippen LogP contribution in [0.4, 0.5) is 13.2 Å². The van der Waals surface area contributed by atoms with E-state index < -0.39 is 6.30 Å². The van der Waals surface area contributed by atoms with Gasteiger partial charge < -0.3 is 0 Å². The normalized spacial score (nSPS) is 10.7. The summed E-state index contributed by atoms with van der Waals surface area (Å²) in [5.74, 6) is 0. The van der Waals surface area contributed by atoms with Gasteiger partial charge in [-0.05, 0) is 5.56 Å². The van der Waals surface area contributed by atoms with Crippen molar-refractivity contribution in [3.05, 3.63) is 35.9 Å². The average molecular weight is 212 g/mol. The van der Waals surface area contributed by atoms with Gasteiger partial charge in [0.1, 0.15) is 0 Å². The highest BCUT2D eigenvalue weighted by Crippen LogP contribution is 2.10. The van der Waals surface area contributed by atoms with Gasteiger partial charge >= 0.3 is 6.30 Å². The van der Waals surface area contributed by atoms with Crippen molar-refractivity contribution in [2.75, 3.05) is 0 Å². The molecule has 0 amide bonds. The van der Waals surface area contributed by atoms with Crippen LogP contribution in [0.1, 0.15) is 5.56 Å². The first-order chi connectivity index (χ1) is 5.58. The molecule has 0 radical (unpaired) electrons. The third-order valence-electron chi connectivity index (χ3n) is 1.34. The minimum atomic E-state index is -4.30. The first-order valence-electron chi connectivity index (χ1n) is 3.43. The summed E-state index contributed by atoms with van der Waals surface area (Å²) in [6, 6.07) is 8.44. The predicted octanol–water partition coefficient (Wildman–Crippen LogP) is 2.72. The number of halogens is 4. The lowest BCUT2D eigenvalue weighted by Crippen LogP contribution is -2.30. The number of benzene rings is 1. The van der Waals surface area contributed by atoms with Crippen molar-refractivity contribution in [1.29, 1.82) is 0 Å². The van der Waals surface area contributed by atoms with Crippen molar-refractivity contribution in [1.82, 2.24) is 5.32 Å². The van der Waals surface area contributed by atoms with E-state index in [0.717, 1.165) is 0 Å². The molecule has 0 bridgehead atoms. The molecule has 0 aliphatic rings. The van der Waals surface area contributed by atoms with Gasteiger partial charge in [0.25, 0.3) is 0 Å². The van der Waals surface area contributed by atoms with Gasteiger partial charge in [-0.3, -0.25) is 0 Å². The molecular weight excluding hydrogens is 203 g/mol. The summed E-state index contributed by atoms with van der Waals surface area (Å²) in [5.41, 5.74) is 0.620. The second-order valence-electron chi connectivity index (χ2n) is 2.34. The van der Waals surface area contributed by atoms with Crippen molar-refractivity contribution in [3.63, 3.8) is 0 Å². The fourth-order valence-electron chi connectivity index (χ4n) is 0.798. The van der Waals surface area contributed by atoms with Crippen LogP contribution in [0.5, 0.6) is 0 Å². The second-order valence-corrected chi connectivity index (χ2v) is 2.34. The lowest BCUT2D eigenvalue weighted by Gasteiger charge is -2.07. The maximum absolute atomic E-state index is 11.6. The molecule has 0 aromatic heterocycles. The molecule has 1 rings (SSSR count). The van der Waals surface area contributed by atoms with Crippen LogP contribution >= 0.6 is 12.4 Å². The van der Waals surface area contributed by atoms with Crippen LogP contribution in [0.15, 0.2) is 30.3 Å². The van der Waals surface area contributed by atoms with E-state index in [1.807, 2.05) is 0 Å². The number of hydrogen-bond donors (Lipinski definition) is 1. The highest BCUT2D eigenvalue weighted by atomic mass is 35.5. The summed E-state index contributed by atoms with van der Waals surface area (Å²) >= 11 is 0. The molecule has 5 heteroatoms. The first kappa shape index (κ1) is 12.3. The smallest absolute Gasteiger partial charge is 0.224 e. The second kappa shape index (κ2) is 5.09. The Morgan fingerprint density at radius 2 is 1.62 bits per heavy atom. The Bertz CT molecular complexity index is 235. The van der Waals surface area contributed by atoms with Crippen molar-refractivity contribution in [2.45, 2.75) is 12.8 Å². The van der Waals surface area contributed by atoms with Crippen molar-refractivity contribution in [2.24, 2.45) is 0 Å². The largest absolute Gasteiger partial charge is 0.457 e. The predicted molar refractivity (Wildman–Crippen MR) is 46.6 cm³/mol. The standard InChI is InChI=1S/C8H8F3N.ClH/c9-8(10,11)12-6-7-4-2-1-3-5-7;/h1-5,12H,6H2;1H. The number of nitrogens with one attached hydrogen (secondary N) is 1. The topological polar surface area (TPSA) is 12.0 Å². The van der Waals surface area contributed by atoms with Crippen LogP contribution in [0.3, 0.4) is 0 Å². The molecule has 0 atom stereocenters. The Hall–Kier alpha value is -0.740. The van der Waals surface area contributed by atoms with Gasteiger partial charge in [0.05, 0.1) is 0 Å². The zero-order valence-electron chi connectivity index (χ0n) is 6.64. The zero-order valence-corrected chi connectivity index (χ0v) is 7.45. The summed E-state index contributed by atoms with van der Waals surface area (Å²) in [6.45, 7) is -0.176. The van der Waals surface area contributed by atoms with Gasteiger partial charge in [0.2, 0.25) is 0 Å². The molecule has 0 fully saturated rings. The van der Waals surface area contributed by atoms with E-state index in [0.29, 0.717) is 5.56 Å². The van der Waals surface area contributed by atoms with E-state index in [1.54, 1.807) is 30.3 Å². The van der Waals surface area contributed by atoms with E-state index in [9.17, 15) is 13.2 Å². The summed E-state index contributed by atoms with van der Waals surface area (Å²) in [7, 11) is 0. The molecule has 13 heavy (non-hydrogen) atoms. The van der Waals surface area contributed by atoms with E-state index in [4.69, 9.17) is 0 Å². The molecule has 0 unspecified atom stereocenters. The fraction of sp³-hybridized carbons (Fsp3) is 0.250. The summed E-state index contributed by atoms with van der Waals surface area (Å²) < 4.78 is 34.9. The molecule has 0 aliphatic carbocycles. The monoisotopic (exact) mass is 211 g/mol. The molecule has 1 aromatic carbocycles. The van der Waals surface area contributed by atoms with E-state index in [-0.39, 0.29) is 19.0 Å². The summed E-state index contributed by atoms with van der Waals surface area (Å²) in [4.78, 5) is 0. The van der Waals surface area contributed by atoms with Gasteiger partial charge in [0.15, 0.2) is 0 Å². The molecule has 0 aliphatic heterocycles. The van der Waals surface area contributed by atoms with Crippen LogP contribution in [0, 0.1) is 0 Å². The van der Waals surface area contributed by atoms with Crippen LogP contribution < -0.4 is 5.32 Å². The number of hydrogen-bond acceptors (Lipinski definition) is 1. The Morgan fingerprint density at radius 1 is 1.08 bits per heavy atom. The Balaban J connectivity index is 0.00000144. The molecule has 1 aromatic rings. The Morgan fingerprint density at radius 3 is 2.08 bits per heavy atom. The lowest BCUT2D eigenvalue weighted by atomic mass is 10.2. The molecule has 0 spiro atoms. The van der Waals surface area contributed by atoms with Gasteiger partial charge in [-0.1, -0.05) is 30.3 Å². The van der Waals surface area contributed by atoms with E-state index >= 15 is 0 Å². The third-order valence-corrected chi connectivity index (χ3v) is 1.34. The molecule has 74 valence electrons. The highest BCUT2D eigenvalue weighted by molar-refractivity contribution is 5.85. The number of rotatable bonds is 2. The summed E-state index contributed by atoms with van der Waals surface area (Å²) in [6.07, 6.45) is -4.30. The molecule has 0 saturated carbocycles. The van der Waals surface area contributed by atoms with Crippen molar-refractivity contribution >= 4 is 12.4 Å². The van der Waals surface area contributed by atoms with Gasteiger partial charge in [-0.15, -0.1) is 12.4 Å². The van der Waals surface area contributed by atoms with Crippen molar-refractivity contribution in [3.8, 4) is 0 Å². The summed E-state index contributed by atoms with van der Waals surface area (Å²) in [5, 5.41) is 1.44. The van der Waals surface area contributed by atoms with Crippen molar-refractivity contribution < 1.29 is 13.2 Å². The SMILES string of the molecule is Cl.FC(F)(F)NCc1ccccc1. The lowest BCUT2D eigenvalue weighted by molar-refractivity contribution is -0.158. The van der Waals surface area contributed by atoms with Gasteiger partial charge in [-0.25, -0.2) is 5.32 Å². The zero-order chi connectivity index (χ0) is 9.03. The van der Waals surface area contributed by atoms with Gasteiger partial charge in [-0.2, -0.15) is 13.2 Å². The molecular formula is C8H9ClF3N. The minimum Gasteiger partial charge on any atom is -0.224 e. The maximum atomic E-state index is 11.6. The van der Waals surface area contributed by atoms with Gasteiger partial charge in [0, 0.05) is 6.54 Å². The van der Waals surface area contributed by atoms with Crippen LogP contribution in [0.25, 0.3) is 0 Å². The molecule has 0 heterocycles. The Kier molecular flexibility index (Phi) is 4.80. The van der Waals surface area contributed by atoms with Crippen LogP contribution in [-0.4, -0.2) is 6.30 Å². The van der Waals surface area contributed by atoms with E-state index in [1.165, 1.54) is 5.32 Å². The molecule has 0 saturated heterocycles. The number of alkyl halides is 3. The maximum Gasteiger partial charge on any atom is 0.457 e. The molecule has 1 N–H and O–H groups in total. The highest BCUT2D eigenvalue weighted by Gasteiger charge is 2.25. The quantitative estimate of drug-likeness (QED) is 0.742. The van der Waals surface area contributed by atoms with Crippen LogP contribution in [-0.2, 0) is 6.54 Å². The third kappa shape index (κ3) is 5.49. The minimum absolute atomic E-state index is 0. The van der Waals surface area contributed by atoms with E-state index in [2.05, 4.69) is 0 Å². The first-order valence-corrected chi connectivity index (χ1v) is 3.43. The molecule has 1 nitrogen and oxygen atoms in total. The average Bonchev–Trinajstić information content (AvgIpc) is 2.02.